The predicted octanol–water partition coefficient (Wildman–Crippen LogP) is 7.49. The summed E-state index contributed by atoms with van der Waals surface area (Å²) >= 11 is 9.58. The summed E-state index contributed by atoms with van der Waals surface area (Å²) in [5.41, 5.74) is 5.35. The monoisotopic (exact) mass is 716 g/mol. The van der Waals surface area contributed by atoms with Gasteiger partial charge >= 0.3 is 5.97 Å². The van der Waals surface area contributed by atoms with E-state index >= 15 is 0 Å². The lowest BCUT2D eigenvalue weighted by atomic mass is 10.1. The van der Waals surface area contributed by atoms with Crippen LogP contribution < -0.4 is 25.1 Å². The highest BCUT2D eigenvalue weighted by molar-refractivity contribution is 9.10. The van der Waals surface area contributed by atoms with Crippen LogP contribution in [0.1, 0.15) is 52.6 Å². The summed E-state index contributed by atoms with van der Waals surface area (Å²) in [6.07, 6.45) is 2.97. The maximum absolute atomic E-state index is 13.3. The molecule has 0 saturated heterocycles. The van der Waals surface area contributed by atoms with Gasteiger partial charge in [-0.1, -0.05) is 51.8 Å². The Kier molecular flexibility index (Phi) is 12.7. The molecule has 9 nitrogen and oxygen atoms in total. The maximum atomic E-state index is 13.3. The second-order valence-corrected chi connectivity index (χ2v) is 11.3. The Bertz CT molecular complexity index is 1770. The van der Waals surface area contributed by atoms with Crippen molar-refractivity contribution in [3.8, 4) is 11.5 Å². The second kappa shape index (κ2) is 17.1. The number of nitrogens with one attached hydrogen (secondary N) is 2. The molecule has 4 aromatic rings. The zero-order valence-electron chi connectivity index (χ0n) is 26.1. The summed E-state index contributed by atoms with van der Waals surface area (Å²) in [6, 6.07) is 25.9. The van der Waals surface area contributed by atoms with E-state index in [9.17, 15) is 14.4 Å². The molecule has 0 unspecified atom stereocenters. The first-order valence-corrected chi connectivity index (χ1v) is 16.1. The van der Waals surface area contributed by atoms with E-state index < -0.39 is 17.8 Å². The van der Waals surface area contributed by atoms with Gasteiger partial charge in [-0.05, 0) is 105 Å². The number of amides is 2. The van der Waals surface area contributed by atoms with Gasteiger partial charge in [0.15, 0.2) is 11.5 Å². The molecule has 0 bridgehead atoms. The van der Waals surface area contributed by atoms with Crippen molar-refractivity contribution in [1.82, 2.24) is 10.7 Å². The van der Waals surface area contributed by atoms with Crippen LogP contribution in [0.25, 0.3) is 6.08 Å². The molecule has 0 aliphatic heterocycles. The van der Waals surface area contributed by atoms with Crippen LogP contribution in [-0.2, 0) is 4.79 Å². The summed E-state index contributed by atoms with van der Waals surface area (Å²) in [5, 5.41) is 7.01. The zero-order valence-corrected chi connectivity index (χ0v) is 28.5. The number of carbonyl (C=O) groups excluding carboxylic acids is 3. The number of benzene rings is 4. The Labute approximate surface area is 287 Å². The molecule has 0 aromatic heterocycles. The molecule has 2 amide bonds. The summed E-state index contributed by atoms with van der Waals surface area (Å²) in [5.74, 6) is -1.17. The van der Waals surface area contributed by atoms with Crippen LogP contribution in [0, 0.1) is 0 Å². The molecule has 47 heavy (non-hydrogen) atoms. The molecule has 0 spiro atoms. The van der Waals surface area contributed by atoms with Gasteiger partial charge in [0.1, 0.15) is 5.70 Å². The van der Waals surface area contributed by atoms with Crippen LogP contribution in [0.5, 0.6) is 11.5 Å². The van der Waals surface area contributed by atoms with Gasteiger partial charge in [-0.25, -0.2) is 10.2 Å². The van der Waals surface area contributed by atoms with Crippen LogP contribution in [0.15, 0.2) is 106 Å². The third kappa shape index (κ3) is 9.78. The van der Waals surface area contributed by atoms with Gasteiger partial charge < -0.3 is 19.7 Å². The zero-order chi connectivity index (χ0) is 33.8. The molecule has 4 rings (SSSR count). The van der Waals surface area contributed by atoms with E-state index in [1.165, 1.54) is 6.21 Å². The Hall–Kier alpha value is -4.93. The predicted molar refractivity (Wildman–Crippen MR) is 189 cm³/mol. The minimum atomic E-state index is -0.653. The third-order valence-electron chi connectivity index (χ3n) is 6.87. The summed E-state index contributed by atoms with van der Waals surface area (Å²) in [7, 11) is 0. The average molecular weight is 718 g/mol. The average Bonchev–Trinajstić information content (AvgIpc) is 3.07. The van der Waals surface area contributed by atoms with Crippen molar-refractivity contribution in [3.05, 3.63) is 128 Å². The van der Waals surface area contributed by atoms with Crippen LogP contribution in [0.4, 0.5) is 5.69 Å². The number of ether oxygens (including phenoxy) is 2. The van der Waals surface area contributed by atoms with E-state index in [-0.39, 0.29) is 22.0 Å². The number of carbonyl (C=O) groups is 3. The van der Waals surface area contributed by atoms with Gasteiger partial charge in [0.05, 0.1) is 29.0 Å². The van der Waals surface area contributed by atoms with Gasteiger partial charge in [-0.3, -0.25) is 9.59 Å². The minimum absolute atomic E-state index is 0.0344. The normalized spacial score (nSPS) is 11.2. The lowest BCUT2D eigenvalue weighted by Gasteiger charge is -2.21. The Morgan fingerprint density at radius 3 is 2.21 bits per heavy atom. The molecule has 0 saturated carbocycles. The highest BCUT2D eigenvalue weighted by Gasteiger charge is 2.17. The molecular weight excluding hydrogens is 684 g/mol. The van der Waals surface area contributed by atoms with E-state index in [2.05, 4.69) is 50.5 Å². The van der Waals surface area contributed by atoms with Crippen LogP contribution in [0.3, 0.4) is 0 Å². The van der Waals surface area contributed by atoms with Gasteiger partial charge in [0, 0.05) is 23.2 Å². The van der Waals surface area contributed by atoms with E-state index in [4.69, 9.17) is 21.1 Å². The Morgan fingerprint density at radius 1 is 0.872 bits per heavy atom. The molecule has 0 atom stereocenters. The standard InChI is InChI=1S/C36H34BrClN4O5/c1-4-42(5-2)28-18-11-24(12-19-28)21-31(40-34(43)29-9-7-8-10-30(29)38)35(44)41-39-23-25-13-20-32(33(22-25)46-6-3)47-36(45)26-14-16-27(37)17-15-26/h7-23H,4-6H2,1-3H3,(H,40,43)(H,41,44)/b31-21+,39-23?. The molecule has 4 aromatic carbocycles. The third-order valence-corrected chi connectivity index (χ3v) is 7.73. The van der Waals surface area contributed by atoms with E-state index in [1.54, 1.807) is 72.8 Å². The topological polar surface area (TPSA) is 109 Å². The Morgan fingerprint density at radius 2 is 1.55 bits per heavy atom. The number of halogens is 2. The highest BCUT2D eigenvalue weighted by atomic mass is 79.9. The van der Waals surface area contributed by atoms with E-state index in [0.717, 1.165) is 23.2 Å². The second-order valence-electron chi connectivity index (χ2n) is 9.99. The minimum Gasteiger partial charge on any atom is -0.490 e. The van der Waals surface area contributed by atoms with Gasteiger partial charge in [0.2, 0.25) is 0 Å². The first-order chi connectivity index (χ1) is 22.7. The molecular formula is C36H34BrClN4O5. The van der Waals surface area contributed by atoms with Gasteiger partial charge in [0.25, 0.3) is 11.8 Å². The number of hydrogen-bond acceptors (Lipinski definition) is 7. The highest BCUT2D eigenvalue weighted by Crippen LogP contribution is 2.29. The number of esters is 1. The number of hydrazone groups is 1. The molecule has 0 heterocycles. The van der Waals surface area contributed by atoms with Crippen molar-refractivity contribution in [2.45, 2.75) is 20.8 Å². The summed E-state index contributed by atoms with van der Waals surface area (Å²) in [4.78, 5) is 41.3. The number of rotatable bonds is 13. The molecule has 2 N–H and O–H groups in total. The van der Waals surface area contributed by atoms with Gasteiger partial charge in [-0.15, -0.1) is 0 Å². The fraction of sp³-hybridized carbons (Fsp3) is 0.167. The molecule has 11 heteroatoms. The molecule has 242 valence electrons. The van der Waals surface area contributed by atoms with Crippen molar-refractivity contribution >= 4 is 63.3 Å². The maximum Gasteiger partial charge on any atom is 0.343 e. The fourth-order valence-corrected chi connectivity index (χ4v) is 4.94. The lowest BCUT2D eigenvalue weighted by molar-refractivity contribution is -0.117. The largest absolute Gasteiger partial charge is 0.490 e. The molecule has 0 aliphatic carbocycles. The van der Waals surface area contributed by atoms with Crippen molar-refractivity contribution < 1.29 is 23.9 Å². The number of nitrogens with zero attached hydrogens (tertiary/aromatic N) is 2. The fourth-order valence-electron chi connectivity index (χ4n) is 4.46. The molecule has 0 fully saturated rings. The van der Waals surface area contributed by atoms with Gasteiger partial charge in [-0.2, -0.15) is 5.10 Å². The first kappa shape index (κ1) is 34.9. The smallest absolute Gasteiger partial charge is 0.343 e. The van der Waals surface area contributed by atoms with Crippen molar-refractivity contribution in [1.29, 1.82) is 0 Å². The number of anilines is 1. The van der Waals surface area contributed by atoms with Crippen LogP contribution >= 0.6 is 27.5 Å². The lowest BCUT2D eigenvalue weighted by Crippen LogP contribution is -2.33. The van der Waals surface area contributed by atoms with Crippen molar-refractivity contribution in [2.75, 3.05) is 24.6 Å². The van der Waals surface area contributed by atoms with Crippen LogP contribution in [-0.4, -0.2) is 43.7 Å². The van der Waals surface area contributed by atoms with Crippen molar-refractivity contribution in [3.63, 3.8) is 0 Å². The van der Waals surface area contributed by atoms with E-state index in [0.29, 0.717) is 29.0 Å². The summed E-state index contributed by atoms with van der Waals surface area (Å²) in [6.45, 7) is 8.01. The molecule has 0 radical (unpaired) electrons. The first-order valence-electron chi connectivity index (χ1n) is 14.9. The SMILES string of the molecule is CCOc1cc(C=NNC(=O)/C(=C\c2ccc(N(CC)CC)cc2)NC(=O)c2ccccc2Cl)ccc1OC(=O)c1ccc(Br)cc1. The van der Waals surface area contributed by atoms with E-state index in [1.807, 2.05) is 31.2 Å². The Balaban J connectivity index is 1.53. The summed E-state index contributed by atoms with van der Waals surface area (Å²) < 4.78 is 12.1. The molecule has 0 aliphatic rings. The van der Waals surface area contributed by atoms with Crippen LogP contribution in [0.2, 0.25) is 5.02 Å². The quantitative estimate of drug-likeness (QED) is 0.0488. The van der Waals surface area contributed by atoms with Crippen molar-refractivity contribution in [2.24, 2.45) is 5.10 Å². The number of hydrogen-bond donors (Lipinski definition) is 2.